The fourth-order valence-corrected chi connectivity index (χ4v) is 4.03. The highest BCUT2D eigenvalue weighted by molar-refractivity contribution is 5.68. The van der Waals surface area contributed by atoms with Crippen LogP contribution in [0.1, 0.15) is 46.5 Å². The van der Waals surface area contributed by atoms with Gasteiger partial charge >= 0.3 is 5.97 Å². The summed E-state index contributed by atoms with van der Waals surface area (Å²) in [5, 5.41) is 30.1. The first-order valence-corrected chi connectivity index (χ1v) is 10.6. The Bertz CT molecular complexity index is 773. The predicted octanol–water partition coefficient (Wildman–Crippen LogP) is 3.17. The van der Waals surface area contributed by atoms with Gasteiger partial charge in [0.2, 0.25) is 5.75 Å². The summed E-state index contributed by atoms with van der Waals surface area (Å²) >= 11 is 0. The summed E-state index contributed by atoms with van der Waals surface area (Å²) in [5.41, 5.74) is -0.248. The zero-order chi connectivity index (χ0) is 21.9. The smallest absolute Gasteiger partial charge is 0.341 e. The number of benzene rings is 1. The van der Waals surface area contributed by atoms with Gasteiger partial charge in [-0.15, -0.1) is 0 Å². The number of hydrogen-bond acceptors (Lipinski definition) is 6. The SMILES string of the molecule is CCCCC(C)(C)C(O)C=CC1C(O)CC2Oc3c(OCC(=O)O)cccc3OC21. The van der Waals surface area contributed by atoms with Gasteiger partial charge in [-0.05, 0) is 24.0 Å². The highest BCUT2D eigenvalue weighted by Gasteiger charge is 2.48. The third kappa shape index (κ3) is 4.90. The zero-order valence-electron chi connectivity index (χ0n) is 17.8. The first kappa shape index (κ1) is 22.4. The minimum absolute atomic E-state index is 0.248. The maximum absolute atomic E-state index is 10.8. The van der Waals surface area contributed by atoms with Crippen LogP contribution in [0, 0.1) is 11.3 Å². The van der Waals surface area contributed by atoms with E-state index in [1.54, 1.807) is 24.3 Å². The van der Waals surface area contributed by atoms with Crippen LogP contribution in [0.5, 0.6) is 17.2 Å². The van der Waals surface area contributed by atoms with E-state index in [0.717, 1.165) is 19.3 Å². The molecule has 3 N–H and O–H groups in total. The number of carboxylic acids is 1. The molecule has 1 aliphatic heterocycles. The van der Waals surface area contributed by atoms with Gasteiger partial charge in [0.05, 0.1) is 12.2 Å². The topological polar surface area (TPSA) is 105 Å². The molecule has 0 radical (unpaired) electrons. The summed E-state index contributed by atoms with van der Waals surface area (Å²) in [5.74, 6) is -0.282. The molecule has 0 spiro atoms. The average molecular weight is 421 g/mol. The van der Waals surface area contributed by atoms with Crippen molar-refractivity contribution >= 4 is 5.97 Å². The van der Waals surface area contributed by atoms with Crippen molar-refractivity contribution in [2.45, 2.75) is 70.9 Å². The van der Waals surface area contributed by atoms with E-state index in [2.05, 4.69) is 6.92 Å². The molecular weight excluding hydrogens is 388 g/mol. The monoisotopic (exact) mass is 420 g/mol. The van der Waals surface area contributed by atoms with Crippen LogP contribution in [0.25, 0.3) is 0 Å². The molecule has 1 heterocycles. The third-order valence-corrected chi connectivity index (χ3v) is 5.98. The Hall–Kier alpha value is -2.25. The largest absolute Gasteiger partial charge is 0.482 e. The molecule has 0 amide bonds. The Morgan fingerprint density at radius 1 is 1.37 bits per heavy atom. The average Bonchev–Trinajstić information content (AvgIpc) is 3.01. The summed E-state index contributed by atoms with van der Waals surface area (Å²) < 4.78 is 17.5. The molecule has 1 fully saturated rings. The quantitative estimate of drug-likeness (QED) is 0.527. The van der Waals surface area contributed by atoms with Crippen LogP contribution in [-0.2, 0) is 4.79 Å². The van der Waals surface area contributed by atoms with Crippen molar-refractivity contribution in [1.82, 2.24) is 0 Å². The number of unbranched alkanes of at least 4 members (excludes halogenated alkanes) is 1. The predicted molar refractivity (Wildman–Crippen MR) is 111 cm³/mol. The van der Waals surface area contributed by atoms with E-state index in [9.17, 15) is 15.0 Å². The molecule has 3 rings (SSSR count). The first-order valence-electron chi connectivity index (χ1n) is 10.6. The van der Waals surface area contributed by atoms with Gasteiger partial charge in [-0.3, -0.25) is 0 Å². The highest BCUT2D eigenvalue weighted by atomic mass is 16.6. The summed E-state index contributed by atoms with van der Waals surface area (Å²) in [6.45, 7) is 5.73. The molecule has 166 valence electrons. The second-order valence-electron chi connectivity index (χ2n) is 8.81. The normalized spacial score (nSPS) is 26.4. The number of fused-ring (bicyclic) bond motifs is 2. The van der Waals surface area contributed by atoms with Crippen LogP contribution < -0.4 is 14.2 Å². The molecule has 1 aliphatic carbocycles. The fraction of sp³-hybridized carbons (Fsp3) is 0.609. The molecule has 1 aromatic carbocycles. The summed E-state index contributed by atoms with van der Waals surface area (Å²) in [6, 6.07) is 5.06. The molecule has 1 saturated carbocycles. The zero-order valence-corrected chi connectivity index (χ0v) is 17.8. The number of carbonyl (C=O) groups is 1. The molecule has 7 heteroatoms. The number of rotatable bonds is 9. The van der Waals surface area contributed by atoms with Crippen molar-refractivity contribution in [3.8, 4) is 17.2 Å². The van der Waals surface area contributed by atoms with E-state index >= 15 is 0 Å². The summed E-state index contributed by atoms with van der Waals surface area (Å²) in [7, 11) is 0. The minimum Gasteiger partial charge on any atom is -0.482 e. The van der Waals surface area contributed by atoms with Gasteiger partial charge in [0, 0.05) is 12.3 Å². The van der Waals surface area contributed by atoms with Crippen LogP contribution in [-0.4, -0.2) is 52.3 Å². The second kappa shape index (κ2) is 9.27. The minimum atomic E-state index is -1.08. The maximum Gasteiger partial charge on any atom is 0.341 e. The van der Waals surface area contributed by atoms with Crippen LogP contribution in [0.15, 0.2) is 30.4 Å². The Morgan fingerprint density at radius 2 is 2.13 bits per heavy atom. The molecule has 30 heavy (non-hydrogen) atoms. The molecule has 0 bridgehead atoms. The standard InChI is InChI=1S/C23H32O7/c1-4-5-11-23(2,3)19(25)10-9-14-15(24)12-18-21(14)29-17-8-6-7-16(22(17)30-18)28-13-20(26)27/h6-10,14-15,18-19,21,24-25H,4-5,11-13H2,1-3H3,(H,26,27). The Balaban J connectivity index is 1.73. The van der Waals surface area contributed by atoms with Crippen LogP contribution in [0.2, 0.25) is 0 Å². The number of carboxylic acid groups (broad SMARTS) is 1. The van der Waals surface area contributed by atoms with Gasteiger partial charge in [-0.25, -0.2) is 4.79 Å². The molecule has 1 aromatic rings. The van der Waals surface area contributed by atoms with E-state index in [0.29, 0.717) is 23.7 Å². The molecule has 5 unspecified atom stereocenters. The second-order valence-corrected chi connectivity index (χ2v) is 8.81. The number of aliphatic hydroxyl groups is 2. The lowest BCUT2D eigenvalue weighted by Crippen LogP contribution is -2.39. The van der Waals surface area contributed by atoms with Gasteiger partial charge in [-0.2, -0.15) is 0 Å². The van der Waals surface area contributed by atoms with E-state index in [4.69, 9.17) is 19.3 Å². The van der Waals surface area contributed by atoms with Crippen LogP contribution in [0.4, 0.5) is 0 Å². The van der Waals surface area contributed by atoms with Crippen molar-refractivity contribution in [3.63, 3.8) is 0 Å². The Kier molecular flexibility index (Phi) is 6.93. The molecule has 5 atom stereocenters. The van der Waals surface area contributed by atoms with E-state index in [1.807, 2.05) is 19.9 Å². The van der Waals surface area contributed by atoms with E-state index in [-0.39, 0.29) is 17.4 Å². The van der Waals surface area contributed by atoms with Crippen molar-refractivity contribution in [3.05, 3.63) is 30.4 Å². The number of para-hydroxylation sites is 1. The molecular formula is C23H32O7. The van der Waals surface area contributed by atoms with Crippen molar-refractivity contribution in [1.29, 1.82) is 0 Å². The first-order chi connectivity index (χ1) is 14.2. The van der Waals surface area contributed by atoms with Gasteiger partial charge < -0.3 is 29.5 Å². The van der Waals surface area contributed by atoms with Gasteiger partial charge in [0.15, 0.2) is 18.1 Å². The Labute approximate surface area is 177 Å². The van der Waals surface area contributed by atoms with Gasteiger partial charge in [-0.1, -0.05) is 51.8 Å². The molecule has 0 saturated heterocycles. The maximum atomic E-state index is 10.8. The van der Waals surface area contributed by atoms with Gasteiger partial charge in [0.1, 0.15) is 12.2 Å². The molecule has 2 aliphatic rings. The number of hydrogen-bond donors (Lipinski definition) is 3. The summed E-state index contributed by atoms with van der Waals surface area (Å²) in [6.07, 6.45) is 4.95. The number of aliphatic hydroxyl groups excluding tert-OH is 2. The van der Waals surface area contributed by atoms with Crippen molar-refractivity contribution in [2.24, 2.45) is 11.3 Å². The molecule has 7 nitrogen and oxygen atoms in total. The lowest BCUT2D eigenvalue weighted by molar-refractivity contribution is -0.139. The number of aliphatic carboxylic acids is 1. The fourth-order valence-electron chi connectivity index (χ4n) is 4.03. The molecule has 0 aromatic heterocycles. The van der Waals surface area contributed by atoms with E-state index in [1.165, 1.54) is 0 Å². The lowest BCUT2D eigenvalue weighted by Gasteiger charge is -2.32. The van der Waals surface area contributed by atoms with E-state index < -0.39 is 30.9 Å². The van der Waals surface area contributed by atoms with Crippen molar-refractivity contribution < 1.29 is 34.3 Å². The highest BCUT2D eigenvalue weighted by Crippen LogP contribution is 2.47. The third-order valence-electron chi connectivity index (χ3n) is 5.98. The van der Waals surface area contributed by atoms with Crippen LogP contribution >= 0.6 is 0 Å². The lowest BCUT2D eigenvalue weighted by atomic mass is 9.81. The number of ether oxygens (including phenoxy) is 3. The van der Waals surface area contributed by atoms with Gasteiger partial charge in [0.25, 0.3) is 0 Å². The van der Waals surface area contributed by atoms with Crippen molar-refractivity contribution in [2.75, 3.05) is 6.61 Å². The van der Waals surface area contributed by atoms with Crippen LogP contribution in [0.3, 0.4) is 0 Å². The summed E-state index contributed by atoms with van der Waals surface area (Å²) in [4.78, 5) is 10.8. The Morgan fingerprint density at radius 3 is 2.83 bits per heavy atom.